The molecule has 1 aliphatic carbocycles. The minimum atomic E-state index is -1.52. The SMILES string of the molecule is C=C1CC[C@@](S)(N2C(=O)c3cccc(CNC(=C)C4CC4)c3C2=O)C(=O)N1. The predicted octanol–water partition coefficient (Wildman–Crippen LogP) is 2.35. The molecule has 6 nitrogen and oxygen atoms in total. The molecule has 1 aromatic rings. The van der Waals surface area contributed by atoms with E-state index in [4.69, 9.17) is 0 Å². The summed E-state index contributed by atoms with van der Waals surface area (Å²) in [6.45, 7) is 8.18. The van der Waals surface area contributed by atoms with Crippen LogP contribution in [0.3, 0.4) is 0 Å². The van der Waals surface area contributed by atoms with E-state index in [1.807, 2.05) is 6.07 Å². The summed E-state index contributed by atoms with van der Waals surface area (Å²) in [7, 11) is 0. The van der Waals surface area contributed by atoms with Crippen LogP contribution in [0.4, 0.5) is 0 Å². The number of allylic oxidation sites excluding steroid dienone is 2. The lowest BCUT2D eigenvalue weighted by molar-refractivity contribution is -0.127. The van der Waals surface area contributed by atoms with Crippen LogP contribution in [0.5, 0.6) is 0 Å². The summed E-state index contributed by atoms with van der Waals surface area (Å²) in [6.07, 6.45) is 2.95. The molecular weight excluding hydrogens is 362 g/mol. The van der Waals surface area contributed by atoms with Gasteiger partial charge in [-0.25, -0.2) is 4.90 Å². The fraction of sp³-hybridized carbons (Fsp3) is 0.350. The molecule has 4 rings (SSSR count). The van der Waals surface area contributed by atoms with E-state index in [1.165, 1.54) is 0 Å². The number of carbonyl (C=O) groups is 3. The highest BCUT2D eigenvalue weighted by molar-refractivity contribution is 7.82. The number of amides is 3. The van der Waals surface area contributed by atoms with E-state index in [2.05, 4.69) is 36.4 Å². The number of nitrogens with one attached hydrogen (secondary N) is 2. The van der Waals surface area contributed by atoms with Gasteiger partial charge in [0.15, 0.2) is 4.87 Å². The van der Waals surface area contributed by atoms with Crippen molar-refractivity contribution >= 4 is 30.4 Å². The highest BCUT2D eigenvalue weighted by Gasteiger charge is 2.53. The lowest BCUT2D eigenvalue weighted by Crippen LogP contribution is -2.59. The quantitative estimate of drug-likeness (QED) is 0.539. The van der Waals surface area contributed by atoms with Gasteiger partial charge in [0.2, 0.25) is 0 Å². The third-order valence-electron chi connectivity index (χ3n) is 5.38. The number of hydrogen-bond acceptors (Lipinski definition) is 5. The molecule has 1 atom stereocenters. The molecule has 2 heterocycles. The third-order valence-corrected chi connectivity index (χ3v) is 6.00. The van der Waals surface area contributed by atoms with Crippen LogP contribution in [-0.2, 0) is 11.3 Å². The van der Waals surface area contributed by atoms with Crippen molar-refractivity contribution in [1.82, 2.24) is 15.5 Å². The number of imide groups is 1. The number of carbonyl (C=O) groups excluding carboxylic acids is 3. The van der Waals surface area contributed by atoms with E-state index in [1.54, 1.807) is 12.1 Å². The monoisotopic (exact) mass is 383 g/mol. The highest BCUT2D eigenvalue weighted by atomic mass is 32.1. The minimum absolute atomic E-state index is 0.234. The first-order chi connectivity index (χ1) is 12.8. The second kappa shape index (κ2) is 6.27. The molecule has 7 heteroatoms. The maximum absolute atomic E-state index is 13.2. The van der Waals surface area contributed by atoms with Crippen molar-refractivity contribution in [1.29, 1.82) is 0 Å². The van der Waals surface area contributed by atoms with Crippen molar-refractivity contribution in [3.63, 3.8) is 0 Å². The number of piperidine rings is 1. The van der Waals surface area contributed by atoms with Crippen molar-refractivity contribution < 1.29 is 14.4 Å². The number of benzene rings is 1. The molecule has 3 amide bonds. The maximum Gasteiger partial charge on any atom is 0.263 e. The van der Waals surface area contributed by atoms with E-state index >= 15 is 0 Å². The van der Waals surface area contributed by atoms with E-state index in [9.17, 15) is 14.4 Å². The smallest absolute Gasteiger partial charge is 0.263 e. The Morgan fingerprint density at radius 1 is 1.30 bits per heavy atom. The topological polar surface area (TPSA) is 78.5 Å². The van der Waals surface area contributed by atoms with Gasteiger partial charge < -0.3 is 10.6 Å². The molecule has 0 spiro atoms. The first kappa shape index (κ1) is 17.9. The van der Waals surface area contributed by atoms with Gasteiger partial charge in [0.25, 0.3) is 17.7 Å². The maximum atomic E-state index is 13.2. The van der Waals surface area contributed by atoms with Crippen LogP contribution in [0.1, 0.15) is 52.0 Å². The summed E-state index contributed by atoms with van der Waals surface area (Å²) in [4.78, 5) is 38.1. The molecule has 0 unspecified atom stereocenters. The molecule has 1 saturated heterocycles. The summed E-state index contributed by atoms with van der Waals surface area (Å²) in [6, 6.07) is 5.18. The van der Waals surface area contributed by atoms with Gasteiger partial charge in [0.1, 0.15) is 0 Å². The molecule has 27 heavy (non-hydrogen) atoms. The molecule has 1 aromatic carbocycles. The van der Waals surface area contributed by atoms with Gasteiger partial charge in [-0.15, -0.1) is 12.6 Å². The lowest BCUT2D eigenvalue weighted by Gasteiger charge is -2.38. The summed E-state index contributed by atoms with van der Waals surface area (Å²) in [5, 5.41) is 5.87. The molecule has 2 N–H and O–H groups in total. The summed E-state index contributed by atoms with van der Waals surface area (Å²) in [5.41, 5.74) is 2.88. The Bertz CT molecular complexity index is 906. The van der Waals surface area contributed by atoms with E-state index < -0.39 is 22.6 Å². The second-order valence-electron chi connectivity index (χ2n) is 7.31. The number of hydrogen-bond donors (Lipinski definition) is 3. The number of rotatable bonds is 5. The Morgan fingerprint density at radius 2 is 2.04 bits per heavy atom. The van der Waals surface area contributed by atoms with Crippen molar-refractivity contribution in [3.8, 4) is 0 Å². The van der Waals surface area contributed by atoms with Gasteiger partial charge in [0.05, 0.1) is 11.1 Å². The zero-order chi connectivity index (χ0) is 19.3. The molecule has 0 aromatic heterocycles. The first-order valence-corrected chi connectivity index (χ1v) is 9.42. The second-order valence-corrected chi connectivity index (χ2v) is 8.05. The van der Waals surface area contributed by atoms with Crippen molar-refractivity contribution in [2.75, 3.05) is 0 Å². The van der Waals surface area contributed by atoms with Crippen LogP contribution in [0.2, 0.25) is 0 Å². The third kappa shape index (κ3) is 2.86. The zero-order valence-corrected chi connectivity index (χ0v) is 15.8. The van der Waals surface area contributed by atoms with Crippen molar-refractivity contribution in [2.45, 2.75) is 37.1 Å². The van der Waals surface area contributed by atoms with E-state index in [0.717, 1.165) is 23.4 Å². The molecule has 140 valence electrons. The van der Waals surface area contributed by atoms with Crippen LogP contribution in [-0.4, -0.2) is 27.5 Å². The Kier molecular flexibility index (Phi) is 4.14. The molecule has 2 fully saturated rings. The summed E-state index contributed by atoms with van der Waals surface area (Å²) >= 11 is 4.46. The molecular formula is C20H21N3O3S. The minimum Gasteiger partial charge on any atom is -0.384 e. The average molecular weight is 383 g/mol. The fourth-order valence-corrected chi connectivity index (χ4v) is 3.95. The molecule has 0 bridgehead atoms. The van der Waals surface area contributed by atoms with Crippen LogP contribution >= 0.6 is 12.6 Å². The van der Waals surface area contributed by atoms with E-state index in [-0.39, 0.29) is 6.42 Å². The fourth-order valence-electron chi connectivity index (χ4n) is 3.60. The Labute approximate surface area is 163 Å². The van der Waals surface area contributed by atoms with Gasteiger partial charge in [-0.2, -0.15) is 0 Å². The van der Waals surface area contributed by atoms with Gasteiger partial charge in [-0.3, -0.25) is 14.4 Å². The van der Waals surface area contributed by atoms with Gasteiger partial charge in [0, 0.05) is 17.9 Å². The Morgan fingerprint density at radius 3 is 2.70 bits per heavy atom. The van der Waals surface area contributed by atoms with Crippen LogP contribution in [0, 0.1) is 5.92 Å². The molecule has 0 radical (unpaired) electrons. The van der Waals surface area contributed by atoms with Gasteiger partial charge in [-0.1, -0.05) is 25.3 Å². The highest BCUT2D eigenvalue weighted by Crippen LogP contribution is 2.39. The molecule has 3 aliphatic rings. The first-order valence-electron chi connectivity index (χ1n) is 8.98. The summed E-state index contributed by atoms with van der Waals surface area (Å²) < 4.78 is 0. The number of nitrogens with zero attached hydrogens (tertiary/aromatic N) is 1. The standard InChI is InChI=1S/C20H21N3O3S/c1-11-8-9-20(27,19(26)22-11)23-17(24)15-5-3-4-14(16(15)18(23)25)10-21-12(2)13-6-7-13/h3-5,13,21,27H,1-2,6-10H2,(H,22,26)/t20-/m0/s1. The van der Waals surface area contributed by atoms with E-state index in [0.29, 0.717) is 41.3 Å². The Balaban J connectivity index is 1.64. The molecule has 2 aliphatic heterocycles. The predicted molar refractivity (Wildman–Crippen MR) is 104 cm³/mol. The number of fused-ring (bicyclic) bond motifs is 1. The normalized spacial score (nSPS) is 24.7. The van der Waals surface area contributed by atoms with Crippen LogP contribution < -0.4 is 10.6 Å². The van der Waals surface area contributed by atoms with Gasteiger partial charge >= 0.3 is 0 Å². The van der Waals surface area contributed by atoms with Crippen LogP contribution in [0.15, 0.2) is 42.8 Å². The van der Waals surface area contributed by atoms with Crippen LogP contribution in [0.25, 0.3) is 0 Å². The Hall–Kier alpha value is -2.54. The largest absolute Gasteiger partial charge is 0.384 e. The zero-order valence-electron chi connectivity index (χ0n) is 14.9. The average Bonchev–Trinajstić information content (AvgIpc) is 3.44. The lowest BCUT2D eigenvalue weighted by atomic mass is 10.0. The van der Waals surface area contributed by atoms with Gasteiger partial charge in [-0.05, 0) is 43.2 Å². The summed E-state index contributed by atoms with van der Waals surface area (Å²) in [5.74, 6) is -0.980. The van der Waals surface area contributed by atoms with Crippen molar-refractivity contribution in [2.24, 2.45) is 5.92 Å². The molecule has 1 saturated carbocycles. The van der Waals surface area contributed by atoms with Crippen molar-refractivity contribution in [3.05, 3.63) is 59.4 Å². The number of thiol groups is 1.